The number of benzene rings is 9. The number of hydrogen-bond acceptors (Lipinski definition) is 3. The highest BCUT2D eigenvalue weighted by atomic mass is 16.3. The third-order valence-corrected chi connectivity index (χ3v) is 11.9. The predicted octanol–water partition coefficient (Wildman–Crippen LogP) is 14.9. The quantitative estimate of drug-likeness (QED) is 0.169. The van der Waals surface area contributed by atoms with Gasteiger partial charge in [0, 0.05) is 44.9 Å². The molecule has 0 amide bonds. The van der Waals surface area contributed by atoms with E-state index in [-0.39, 0.29) is 29.9 Å². The molecular weight excluding hydrogens is 705 g/mol. The number of nitrogens with zero attached hydrogens (tertiary/aromatic N) is 2. The molecular formula is C55H36N2O. The number of para-hydroxylation sites is 4. The molecule has 272 valence electrons. The lowest BCUT2D eigenvalue weighted by atomic mass is 9.70. The second-order valence-corrected chi connectivity index (χ2v) is 14.9. The van der Waals surface area contributed by atoms with Crippen molar-refractivity contribution >= 4 is 56.1 Å². The van der Waals surface area contributed by atoms with Gasteiger partial charge in [0.05, 0.1) is 12.3 Å². The van der Waals surface area contributed by atoms with Gasteiger partial charge < -0.3 is 14.2 Å². The van der Waals surface area contributed by atoms with Gasteiger partial charge in [-0.25, -0.2) is 0 Å². The van der Waals surface area contributed by atoms with E-state index in [4.69, 9.17) is 11.3 Å². The number of hydrogen-bond donors (Lipinski definition) is 0. The Labute approximate surface area is 344 Å². The molecule has 1 spiro atoms. The van der Waals surface area contributed by atoms with Crippen LogP contribution in [0.5, 0.6) is 0 Å². The Bertz CT molecular complexity index is 3470. The minimum Gasteiger partial charge on any atom is -0.456 e. The summed E-state index contributed by atoms with van der Waals surface area (Å²) in [5.74, 6) is 0. The first-order valence-electron chi connectivity index (χ1n) is 22.0. The Balaban J connectivity index is 1.07. The highest BCUT2D eigenvalue weighted by Gasteiger charge is 2.51. The van der Waals surface area contributed by atoms with Gasteiger partial charge in [0.25, 0.3) is 0 Å². The van der Waals surface area contributed by atoms with Gasteiger partial charge in [-0.1, -0.05) is 133 Å². The zero-order valence-corrected chi connectivity index (χ0v) is 31.2. The van der Waals surface area contributed by atoms with E-state index in [1.165, 1.54) is 16.7 Å². The van der Waals surface area contributed by atoms with Crippen LogP contribution in [-0.4, -0.2) is 0 Å². The summed E-state index contributed by atoms with van der Waals surface area (Å²) >= 11 is 0. The fraction of sp³-hybridized carbons (Fsp3) is 0.0182. The van der Waals surface area contributed by atoms with E-state index < -0.39 is 11.5 Å². The molecule has 1 aromatic heterocycles. The van der Waals surface area contributed by atoms with Gasteiger partial charge in [0.1, 0.15) is 11.2 Å². The molecule has 0 N–H and O–H groups in total. The lowest BCUT2D eigenvalue weighted by Crippen LogP contribution is -2.26. The van der Waals surface area contributed by atoms with Crippen molar-refractivity contribution in [1.29, 1.82) is 0 Å². The Hall–Kier alpha value is -7.62. The lowest BCUT2D eigenvalue weighted by Gasteiger charge is -2.32. The summed E-state index contributed by atoms with van der Waals surface area (Å²) in [6, 6.07) is 63.4. The summed E-state index contributed by atoms with van der Waals surface area (Å²) in [6.07, 6.45) is 0. The SMILES string of the molecule is [2H]c1c([2H])c([2H])c(N(c2ccccc2)c2ccc3c(c2)-c2ccccc2C32c3ccccc3-c3cc(N(c4ccccc4)c4ccc5oc6ccccc6c5c4)ccc32)c([2H])c1[2H]. The zero-order valence-electron chi connectivity index (χ0n) is 36.2. The molecule has 3 nitrogen and oxygen atoms in total. The molecule has 2 aliphatic rings. The molecule has 0 fully saturated rings. The van der Waals surface area contributed by atoms with Crippen molar-refractivity contribution in [2.45, 2.75) is 5.41 Å². The summed E-state index contributed by atoms with van der Waals surface area (Å²) in [4.78, 5) is 4.10. The summed E-state index contributed by atoms with van der Waals surface area (Å²) in [5.41, 5.74) is 14.7. The van der Waals surface area contributed by atoms with Crippen molar-refractivity contribution in [3.05, 3.63) is 241 Å². The maximum atomic E-state index is 9.02. The fourth-order valence-corrected chi connectivity index (χ4v) is 9.62. The van der Waals surface area contributed by atoms with E-state index in [1.54, 1.807) is 4.90 Å². The van der Waals surface area contributed by atoms with Crippen molar-refractivity contribution in [3.8, 4) is 22.3 Å². The van der Waals surface area contributed by atoms with Crippen LogP contribution in [0.3, 0.4) is 0 Å². The first kappa shape index (κ1) is 27.9. The van der Waals surface area contributed by atoms with E-state index >= 15 is 0 Å². The number of fused-ring (bicyclic) bond motifs is 13. The molecule has 0 saturated heterocycles. The number of rotatable bonds is 6. The van der Waals surface area contributed by atoms with Crippen LogP contribution < -0.4 is 9.80 Å². The lowest BCUT2D eigenvalue weighted by molar-refractivity contribution is 0.669. The standard InChI is InChI=1S/C55H36N2O/c1-4-16-37(17-5-1)56(38-18-6-2-7-19-38)40-28-31-51-46(34-40)43-22-10-13-25-49(43)55(51)50-26-14-11-23-44(50)47-35-41(29-32-52(47)55)57(39-20-8-3-9-21-39)42-30-33-54-48(36-42)45-24-12-15-27-53(45)58-54/h1-36H/i1D,4D,5D,16D,17D. The molecule has 9 aromatic carbocycles. The zero-order chi connectivity index (χ0) is 42.6. The number of furan rings is 1. The average molecular weight is 746 g/mol. The second kappa shape index (κ2) is 12.7. The summed E-state index contributed by atoms with van der Waals surface area (Å²) < 4.78 is 49.8. The third kappa shape index (κ3) is 4.68. The molecule has 10 aromatic rings. The van der Waals surface area contributed by atoms with Gasteiger partial charge in [0.15, 0.2) is 0 Å². The van der Waals surface area contributed by atoms with Crippen LogP contribution in [0.4, 0.5) is 34.1 Å². The summed E-state index contributed by atoms with van der Waals surface area (Å²) in [5, 5.41) is 2.14. The average Bonchev–Trinajstić information content (AvgIpc) is 3.96. The van der Waals surface area contributed by atoms with Crippen LogP contribution in [-0.2, 0) is 5.41 Å². The molecule has 2 aliphatic carbocycles. The van der Waals surface area contributed by atoms with Gasteiger partial charge in [-0.05, 0) is 129 Å². The predicted molar refractivity (Wildman–Crippen MR) is 239 cm³/mol. The van der Waals surface area contributed by atoms with Gasteiger partial charge in [-0.2, -0.15) is 0 Å². The molecule has 3 heteroatoms. The highest BCUT2D eigenvalue weighted by molar-refractivity contribution is 6.07. The molecule has 1 unspecified atom stereocenters. The molecule has 58 heavy (non-hydrogen) atoms. The smallest absolute Gasteiger partial charge is 0.135 e. The van der Waals surface area contributed by atoms with Crippen molar-refractivity contribution in [2.24, 2.45) is 0 Å². The minimum absolute atomic E-state index is 0.0975. The topological polar surface area (TPSA) is 19.6 Å². The summed E-state index contributed by atoms with van der Waals surface area (Å²) in [6.45, 7) is 0. The van der Waals surface area contributed by atoms with E-state index in [0.29, 0.717) is 11.4 Å². The van der Waals surface area contributed by atoms with Crippen LogP contribution in [0.15, 0.2) is 223 Å². The van der Waals surface area contributed by atoms with Gasteiger partial charge in [-0.15, -0.1) is 0 Å². The maximum Gasteiger partial charge on any atom is 0.135 e. The molecule has 0 bridgehead atoms. The molecule has 12 rings (SSSR count). The van der Waals surface area contributed by atoms with E-state index in [0.717, 1.165) is 66.8 Å². The van der Waals surface area contributed by atoms with Crippen LogP contribution in [0, 0.1) is 0 Å². The first-order valence-corrected chi connectivity index (χ1v) is 19.5. The van der Waals surface area contributed by atoms with Crippen molar-refractivity contribution in [3.63, 3.8) is 0 Å². The van der Waals surface area contributed by atoms with Crippen LogP contribution in [0.1, 0.15) is 29.1 Å². The maximum absolute atomic E-state index is 9.02. The fourth-order valence-electron chi connectivity index (χ4n) is 9.62. The van der Waals surface area contributed by atoms with Crippen LogP contribution in [0.2, 0.25) is 0 Å². The van der Waals surface area contributed by atoms with Crippen LogP contribution >= 0.6 is 0 Å². The minimum atomic E-state index is -0.643. The molecule has 1 heterocycles. The van der Waals surface area contributed by atoms with Crippen molar-refractivity contribution in [1.82, 2.24) is 0 Å². The monoisotopic (exact) mass is 745 g/mol. The molecule has 0 aliphatic heterocycles. The van der Waals surface area contributed by atoms with Crippen LogP contribution in [0.25, 0.3) is 44.2 Å². The molecule has 1 atom stereocenters. The summed E-state index contributed by atoms with van der Waals surface area (Å²) in [7, 11) is 0. The second-order valence-electron chi connectivity index (χ2n) is 14.9. The van der Waals surface area contributed by atoms with Gasteiger partial charge in [-0.3, -0.25) is 0 Å². The highest BCUT2D eigenvalue weighted by Crippen LogP contribution is 2.63. The Morgan fingerprint density at radius 2 is 0.810 bits per heavy atom. The van der Waals surface area contributed by atoms with E-state index in [2.05, 4.69) is 132 Å². The number of anilines is 6. The normalized spacial score (nSPS) is 15.8. The van der Waals surface area contributed by atoms with Gasteiger partial charge >= 0.3 is 0 Å². The van der Waals surface area contributed by atoms with Gasteiger partial charge in [0.2, 0.25) is 0 Å². The third-order valence-electron chi connectivity index (χ3n) is 11.9. The Morgan fingerprint density at radius 3 is 1.43 bits per heavy atom. The Kier molecular flexibility index (Phi) is 6.11. The first-order chi connectivity index (χ1) is 30.8. The Morgan fingerprint density at radius 1 is 0.345 bits per heavy atom. The molecule has 0 saturated carbocycles. The molecule has 0 radical (unpaired) electrons. The van der Waals surface area contributed by atoms with Crippen molar-refractivity contribution < 1.29 is 11.3 Å². The van der Waals surface area contributed by atoms with E-state index in [1.807, 2.05) is 60.7 Å². The van der Waals surface area contributed by atoms with E-state index in [9.17, 15) is 0 Å². The van der Waals surface area contributed by atoms with Crippen molar-refractivity contribution in [2.75, 3.05) is 9.80 Å². The largest absolute Gasteiger partial charge is 0.456 e.